The lowest BCUT2D eigenvalue weighted by atomic mass is 10.0. The SMILES string of the molecule is CN(C)C(=O)N1CC(=O)CC1(C)C. The van der Waals surface area contributed by atoms with E-state index in [0.29, 0.717) is 6.42 Å². The van der Waals surface area contributed by atoms with Gasteiger partial charge in [-0.2, -0.15) is 0 Å². The molecule has 74 valence electrons. The normalized spacial score (nSPS) is 20.6. The summed E-state index contributed by atoms with van der Waals surface area (Å²) in [5.41, 5.74) is -0.321. The number of rotatable bonds is 0. The topological polar surface area (TPSA) is 40.6 Å². The highest BCUT2D eigenvalue weighted by Gasteiger charge is 2.40. The standard InChI is InChI=1S/C9H16N2O2/c1-9(2)5-7(12)6-11(9)8(13)10(3)4/h5-6H2,1-4H3. The monoisotopic (exact) mass is 184 g/mol. The van der Waals surface area contributed by atoms with Gasteiger partial charge in [-0.1, -0.05) is 0 Å². The van der Waals surface area contributed by atoms with E-state index >= 15 is 0 Å². The van der Waals surface area contributed by atoms with Crippen LogP contribution in [0.3, 0.4) is 0 Å². The van der Waals surface area contributed by atoms with Crippen LogP contribution < -0.4 is 0 Å². The van der Waals surface area contributed by atoms with Gasteiger partial charge in [0.05, 0.1) is 6.54 Å². The molecule has 0 aromatic rings. The summed E-state index contributed by atoms with van der Waals surface area (Å²) in [6, 6.07) is -0.0872. The lowest BCUT2D eigenvalue weighted by Crippen LogP contribution is -2.47. The zero-order valence-electron chi connectivity index (χ0n) is 8.63. The molecule has 0 aromatic carbocycles. The number of ketones is 1. The second-order valence-corrected chi connectivity index (χ2v) is 4.29. The molecule has 2 amide bonds. The molecular formula is C9H16N2O2. The second kappa shape index (κ2) is 3.01. The van der Waals surface area contributed by atoms with Crippen LogP contribution in [0, 0.1) is 0 Å². The molecule has 1 heterocycles. The van der Waals surface area contributed by atoms with E-state index in [2.05, 4.69) is 0 Å². The maximum Gasteiger partial charge on any atom is 0.320 e. The van der Waals surface area contributed by atoms with Crippen LogP contribution in [0.15, 0.2) is 0 Å². The van der Waals surface area contributed by atoms with E-state index in [1.54, 1.807) is 19.0 Å². The maximum absolute atomic E-state index is 11.6. The number of amides is 2. The number of likely N-dealkylation sites (tertiary alicyclic amines) is 1. The summed E-state index contributed by atoms with van der Waals surface area (Å²) >= 11 is 0. The summed E-state index contributed by atoms with van der Waals surface area (Å²) in [5, 5.41) is 0. The van der Waals surface area contributed by atoms with Gasteiger partial charge in [-0.25, -0.2) is 4.79 Å². The Balaban J connectivity index is 2.81. The highest BCUT2D eigenvalue weighted by molar-refractivity contribution is 5.90. The van der Waals surface area contributed by atoms with Crippen LogP contribution in [0.4, 0.5) is 4.79 Å². The van der Waals surface area contributed by atoms with Crippen molar-refractivity contribution in [2.24, 2.45) is 0 Å². The first-order chi connectivity index (χ1) is 5.84. The Morgan fingerprint density at radius 3 is 2.31 bits per heavy atom. The molecule has 0 N–H and O–H groups in total. The van der Waals surface area contributed by atoms with Crippen molar-refractivity contribution in [3.05, 3.63) is 0 Å². The van der Waals surface area contributed by atoms with E-state index in [1.165, 1.54) is 4.90 Å². The molecule has 0 aromatic heterocycles. The fraction of sp³-hybridized carbons (Fsp3) is 0.778. The summed E-state index contributed by atoms with van der Waals surface area (Å²) < 4.78 is 0. The van der Waals surface area contributed by atoms with Gasteiger partial charge in [0.15, 0.2) is 5.78 Å². The Bertz CT molecular complexity index is 246. The van der Waals surface area contributed by atoms with Crippen LogP contribution in [0.25, 0.3) is 0 Å². The second-order valence-electron chi connectivity index (χ2n) is 4.29. The number of Topliss-reactive ketones (excluding diaryl/α,β-unsaturated/α-hetero) is 1. The molecule has 0 aliphatic carbocycles. The van der Waals surface area contributed by atoms with Gasteiger partial charge in [0.1, 0.15) is 0 Å². The smallest absolute Gasteiger partial charge is 0.320 e. The minimum atomic E-state index is -0.321. The first-order valence-electron chi connectivity index (χ1n) is 4.35. The van der Waals surface area contributed by atoms with Gasteiger partial charge in [0, 0.05) is 26.1 Å². The molecule has 1 fully saturated rings. The average Bonchev–Trinajstić information content (AvgIpc) is 2.22. The first kappa shape index (κ1) is 10.0. The Hall–Kier alpha value is -1.06. The van der Waals surface area contributed by atoms with Crippen molar-refractivity contribution in [1.82, 2.24) is 9.80 Å². The molecule has 1 rings (SSSR count). The lowest BCUT2D eigenvalue weighted by molar-refractivity contribution is -0.116. The number of urea groups is 1. The first-order valence-corrected chi connectivity index (χ1v) is 4.35. The molecule has 0 bridgehead atoms. The molecule has 1 aliphatic heterocycles. The van der Waals surface area contributed by atoms with Crippen molar-refractivity contribution in [2.45, 2.75) is 25.8 Å². The van der Waals surface area contributed by atoms with Crippen molar-refractivity contribution >= 4 is 11.8 Å². The number of nitrogens with zero attached hydrogens (tertiary/aromatic N) is 2. The van der Waals surface area contributed by atoms with Gasteiger partial charge < -0.3 is 9.80 Å². The molecule has 4 heteroatoms. The number of carbonyl (C=O) groups is 2. The molecule has 0 atom stereocenters. The summed E-state index contributed by atoms with van der Waals surface area (Å²) in [6.45, 7) is 4.09. The van der Waals surface area contributed by atoms with Crippen LogP contribution in [0.1, 0.15) is 20.3 Å². The summed E-state index contributed by atoms with van der Waals surface area (Å²) in [4.78, 5) is 25.9. The number of hydrogen-bond donors (Lipinski definition) is 0. The van der Waals surface area contributed by atoms with Crippen LogP contribution in [0.2, 0.25) is 0 Å². The van der Waals surface area contributed by atoms with Crippen molar-refractivity contribution in [1.29, 1.82) is 0 Å². The Morgan fingerprint density at radius 2 is 2.00 bits per heavy atom. The zero-order chi connectivity index (χ0) is 10.2. The van der Waals surface area contributed by atoms with Crippen LogP contribution in [-0.2, 0) is 4.79 Å². The van der Waals surface area contributed by atoms with Crippen LogP contribution in [0.5, 0.6) is 0 Å². The third kappa shape index (κ3) is 1.82. The van der Waals surface area contributed by atoms with Gasteiger partial charge in [0.2, 0.25) is 0 Å². The molecule has 0 unspecified atom stereocenters. The summed E-state index contributed by atoms with van der Waals surface area (Å²) in [5.74, 6) is 0.139. The fourth-order valence-corrected chi connectivity index (χ4v) is 1.59. The number of hydrogen-bond acceptors (Lipinski definition) is 2. The van der Waals surface area contributed by atoms with Gasteiger partial charge in [0.25, 0.3) is 0 Å². The fourth-order valence-electron chi connectivity index (χ4n) is 1.59. The largest absolute Gasteiger partial charge is 0.331 e. The Kier molecular flexibility index (Phi) is 2.32. The molecule has 1 aliphatic rings. The minimum absolute atomic E-state index is 0.0872. The summed E-state index contributed by atoms with van der Waals surface area (Å²) in [7, 11) is 3.39. The third-order valence-corrected chi connectivity index (χ3v) is 2.31. The highest BCUT2D eigenvalue weighted by Crippen LogP contribution is 2.26. The molecule has 13 heavy (non-hydrogen) atoms. The molecule has 1 saturated heterocycles. The quantitative estimate of drug-likeness (QED) is 0.556. The van der Waals surface area contributed by atoms with Gasteiger partial charge in [-0.05, 0) is 13.8 Å². The predicted molar refractivity (Wildman–Crippen MR) is 49.5 cm³/mol. The Morgan fingerprint density at radius 1 is 1.46 bits per heavy atom. The van der Waals surface area contributed by atoms with Crippen molar-refractivity contribution < 1.29 is 9.59 Å². The van der Waals surface area contributed by atoms with Crippen molar-refractivity contribution in [2.75, 3.05) is 20.6 Å². The predicted octanol–water partition coefficient (Wildman–Crippen LogP) is 0.721. The average molecular weight is 184 g/mol. The minimum Gasteiger partial charge on any atom is -0.331 e. The number of carbonyl (C=O) groups excluding carboxylic acids is 2. The van der Waals surface area contributed by atoms with E-state index in [1.807, 2.05) is 13.8 Å². The van der Waals surface area contributed by atoms with Crippen molar-refractivity contribution in [3.63, 3.8) is 0 Å². The lowest BCUT2D eigenvalue weighted by Gasteiger charge is -2.32. The van der Waals surface area contributed by atoms with Crippen LogP contribution in [-0.4, -0.2) is 47.8 Å². The molecular weight excluding hydrogens is 168 g/mol. The van der Waals surface area contributed by atoms with E-state index in [0.717, 1.165) is 0 Å². The van der Waals surface area contributed by atoms with Gasteiger partial charge >= 0.3 is 6.03 Å². The van der Waals surface area contributed by atoms with E-state index in [4.69, 9.17) is 0 Å². The molecule has 0 spiro atoms. The van der Waals surface area contributed by atoms with Crippen molar-refractivity contribution in [3.8, 4) is 0 Å². The molecule has 4 nitrogen and oxygen atoms in total. The van der Waals surface area contributed by atoms with Crippen LogP contribution >= 0.6 is 0 Å². The highest BCUT2D eigenvalue weighted by atomic mass is 16.2. The molecule has 0 radical (unpaired) electrons. The van der Waals surface area contributed by atoms with E-state index in [9.17, 15) is 9.59 Å². The van der Waals surface area contributed by atoms with E-state index in [-0.39, 0.29) is 23.9 Å². The summed E-state index contributed by atoms with van der Waals surface area (Å²) in [6.07, 6.45) is 0.465. The van der Waals surface area contributed by atoms with Gasteiger partial charge in [-0.3, -0.25) is 4.79 Å². The Labute approximate surface area is 78.5 Å². The van der Waals surface area contributed by atoms with E-state index < -0.39 is 0 Å². The zero-order valence-corrected chi connectivity index (χ0v) is 8.63. The maximum atomic E-state index is 11.6. The van der Waals surface area contributed by atoms with Gasteiger partial charge in [-0.15, -0.1) is 0 Å². The third-order valence-electron chi connectivity index (χ3n) is 2.31. The molecule has 0 saturated carbocycles.